The second-order valence-electron chi connectivity index (χ2n) is 4.68. The highest BCUT2D eigenvalue weighted by Gasteiger charge is 2.24. The van der Waals surface area contributed by atoms with E-state index in [9.17, 15) is 4.39 Å². The van der Waals surface area contributed by atoms with Gasteiger partial charge in [-0.25, -0.2) is 4.39 Å². The molecule has 2 aromatic carbocycles. The van der Waals surface area contributed by atoms with Crippen LogP contribution in [0.2, 0.25) is 5.02 Å². The van der Waals surface area contributed by atoms with E-state index in [1.807, 2.05) is 25.1 Å². The van der Waals surface area contributed by atoms with Gasteiger partial charge < -0.3 is 5.73 Å². The van der Waals surface area contributed by atoms with Crippen LogP contribution in [0.15, 0.2) is 42.5 Å². The average Bonchev–Trinajstić information content (AvgIpc) is 2.32. The Balaban J connectivity index is 2.50. The van der Waals surface area contributed by atoms with Crippen molar-refractivity contribution in [3.63, 3.8) is 0 Å². The van der Waals surface area contributed by atoms with Crippen molar-refractivity contribution in [2.75, 3.05) is 0 Å². The summed E-state index contributed by atoms with van der Waals surface area (Å²) >= 11 is 5.97. The van der Waals surface area contributed by atoms with Crippen molar-refractivity contribution in [1.82, 2.24) is 0 Å². The minimum atomic E-state index is -0.764. The van der Waals surface area contributed by atoms with Crippen molar-refractivity contribution in [2.24, 2.45) is 5.73 Å². The third-order valence-corrected chi connectivity index (χ3v) is 3.43. The van der Waals surface area contributed by atoms with Crippen molar-refractivity contribution >= 4 is 11.6 Å². The molecule has 0 saturated heterocycles. The van der Waals surface area contributed by atoms with Gasteiger partial charge in [0.1, 0.15) is 5.82 Å². The molecule has 1 atom stereocenters. The van der Waals surface area contributed by atoms with Crippen LogP contribution < -0.4 is 5.73 Å². The van der Waals surface area contributed by atoms with E-state index in [0.29, 0.717) is 10.6 Å². The van der Waals surface area contributed by atoms with Gasteiger partial charge in [-0.1, -0.05) is 35.9 Å². The topological polar surface area (TPSA) is 26.0 Å². The summed E-state index contributed by atoms with van der Waals surface area (Å²) in [6.45, 7) is 3.58. The lowest BCUT2D eigenvalue weighted by molar-refractivity contribution is 0.577. The second kappa shape index (κ2) is 4.71. The van der Waals surface area contributed by atoms with E-state index < -0.39 is 5.54 Å². The van der Waals surface area contributed by atoms with E-state index in [1.165, 1.54) is 6.07 Å². The number of hydrogen-bond donors (Lipinski definition) is 1. The Hall–Kier alpha value is -1.38. The normalized spacial score (nSPS) is 14.3. The van der Waals surface area contributed by atoms with Crippen molar-refractivity contribution in [1.29, 1.82) is 0 Å². The Kier molecular flexibility index (Phi) is 3.42. The van der Waals surface area contributed by atoms with Crippen molar-refractivity contribution in [3.8, 4) is 0 Å². The van der Waals surface area contributed by atoms with Gasteiger partial charge in [0.15, 0.2) is 0 Å². The molecule has 0 aliphatic carbocycles. The standard InChI is InChI=1S/C15H15ClFN/c1-10-6-7-12(9-14(10)17)15(2,18)11-4-3-5-13(16)8-11/h3-9H,18H2,1-2H3. The average molecular weight is 264 g/mol. The molecule has 1 nitrogen and oxygen atoms in total. The Labute approximate surface area is 111 Å². The number of hydrogen-bond acceptors (Lipinski definition) is 1. The van der Waals surface area contributed by atoms with Crippen molar-refractivity contribution < 1.29 is 4.39 Å². The monoisotopic (exact) mass is 263 g/mol. The Bertz CT molecular complexity index is 578. The lowest BCUT2D eigenvalue weighted by Gasteiger charge is -2.26. The molecule has 0 saturated carbocycles. The van der Waals surface area contributed by atoms with Gasteiger partial charge in [0.05, 0.1) is 5.54 Å². The van der Waals surface area contributed by atoms with Gasteiger partial charge in [-0.15, -0.1) is 0 Å². The Morgan fingerprint density at radius 3 is 2.39 bits per heavy atom. The van der Waals surface area contributed by atoms with Gasteiger partial charge >= 0.3 is 0 Å². The zero-order valence-corrected chi connectivity index (χ0v) is 11.1. The van der Waals surface area contributed by atoms with Gasteiger partial charge in [-0.2, -0.15) is 0 Å². The van der Waals surface area contributed by atoms with E-state index in [1.54, 1.807) is 25.1 Å². The van der Waals surface area contributed by atoms with Gasteiger partial charge in [-0.05, 0) is 48.7 Å². The third-order valence-electron chi connectivity index (χ3n) is 3.20. The van der Waals surface area contributed by atoms with Crippen LogP contribution in [-0.4, -0.2) is 0 Å². The first-order valence-corrected chi connectivity index (χ1v) is 6.10. The molecular formula is C15H15ClFN. The molecule has 0 aliphatic heterocycles. The highest BCUT2D eigenvalue weighted by Crippen LogP contribution is 2.29. The summed E-state index contributed by atoms with van der Waals surface area (Å²) < 4.78 is 13.6. The molecular weight excluding hydrogens is 249 g/mol. The summed E-state index contributed by atoms with van der Waals surface area (Å²) in [5.41, 5.74) is 7.76. The maximum atomic E-state index is 13.6. The molecule has 0 fully saturated rings. The molecule has 3 heteroatoms. The molecule has 0 bridgehead atoms. The van der Waals surface area contributed by atoms with E-state index in [2.05, 4.69) is 0 Å². The summed E-state index contributed by atoms with van der Waals surface area (Å²) in [7, 11) is 0. The van der Waals surface area contributed by atoms with Crippen LogP contribution in [0.3, 0.4) is 0 Å². The van der Waals surface area contributed by atoms with Crippen molar-refractivity contribution in [3.05, 3.63) is 70.0 Å². The van der Waals surface area contributed by atoms with Gasteiger partial charge in [0.2, 0.25) is 0 Å². The predicted octanol–water partition coefficient (Wildman–Crippen LogP) is 4.01. The molecule has 18 heavy (non-hydrogen) atoms. The van der Waals surface area contributed by atoms with Gasteiger partial charge in [0.25, 0.3) is 0 Å². The zero-order valence-electron chi connectivity index (χ0n) is 10.4. The second-order valence-corrected chi connectivity index (χ2v) is 5.11. The molecule has 1 unspecified atom stereocenters. The fourth-order valence-corrected chi connectivity index (χ4v) is 2.08. The minimum Gasteiger partial charge on any atom is -0.318 e. The smallest absolute Gasteiger partial charge is 0.126 e. The molecule has 0 amide bonds. The molecule has 94 valence electrons. The number of rotatable bonds is 2. The van der Waals surface area contributed by atoms with Crippen molar-refractivity contribution in [2.45, 2.75) is 19.4 Å². The highest BCUT2D eigenvalue weighted by molar-refractivity contribution is 6.30. The van der Waals surface area contributed by atoms with Crippen LogP contribution in [-0.2, 0) is 5.54 Å². The van der Waals surface area contributed by atoms with Crippen LogP contribution in [0.5, 0.6) is 0 Å². The largest absolute Gasteiger partial charge is 0.318 e. The van der Waals surface area contributed by atoms with Gasteiger partial charge in [0, 0.05) is 5.02 Å². The van der Waals surface area contributed by atoms with Crippen LogP contribution >= 0.6 is 11.6 Å². The van der Waals surface area contributed by atoms with Crippen LogP contribution in [0.4, 0.5) is 4.39 Å². The summed E-state index contributed by atoms with van der Waals surface area (Å²) in [4.78, 5) is 0. The minimum absolute atomic E-state index is 0.244. The van der Waals surface area contributed by atoms with E-state index in [4.69, 9.17) is 17.3 Å². The molecule has 2 rings (SSSR count). The molecule has 2 aromatic rings. The zero-order chi connectivity index (χ0) is 13.3. The molecule has 0 spiro atoms. The highest BCUT2D eigenvalue weighted by atomic mass is 35.5. The van der Waals surface area contributed by atoms with Gasteiger partial charge in [-0.3, -0.25) is 0 Å². The van der Waals surface area contributed by atoms with Crippen LogP contribution in [0, 0.1) is 12.7 Å². The SMILES string of the molecule is Cc1ccc(C(C)(N)c2cccc(Cl)c2)cc1F. The van der Waals surface area contributed by atoms with E-state index >= 15 is 0 Å². The first kappa shape index (κ1) is 13.1. The fourth-order valence-electron chi connectivity index (χ4n) is 1.89. The lowest BCUT2D eigenvalue weighted by atomic mass is 9.85. The first-order valence-electron chi connectivity index (χ1n) is 5.73. The molecule has 2 N–H and O–H groups in total. The summed E-state index contributed by atoms with van der Waals surface area (Å²) in [5, 5.41) is 0.622. The van der Waals surface area contributed by atoms with E-state index in [-0.39, 0.29) is 5.82 Å². The maximum Gasteiger partial charge on any atom is 0.126 e. The fraction of sp³-hybridized carbons (Fsp3) is 0.200. The Morgan fingerprint density at radius 2 is 1.78 bits per heavy atom. The maximum absolute atomic E-state index is 13.6. The van der Waals surface area contributed by atoms with Crippen LogP contribution in [0.1, 0.15) is 23.6 Å². The number of aryl methyl sites for hydroxylation is 1. The summed E-state index contributed by atoms with van der Waals surface area (Å²) in [6.07, 6.45) is 0. The number of benzene rings is 2. The molecule has 0 aliphatic rings. The van der Waals surface area contributed by atoms with E-state index in [0.717, 1.165) is 11.1 Å². The first-order chi connectivity index (χ1) is 8.41. The Morgan fingerprint density at radius 1 is 1.11 bits per heavy atom. The number of nitrogens with two attached hydrogens (primary N) is 1. The quantitative estimate of drug-likeness (QED) is 0.870. The predicted molar refractivity (Wildman–Crippen MR) is 73.2 cm³/mol. The number of halogens is 2. The van der Waals surface area contributed by atoms with Crippen LogP contribution in [0.25, 0.3) is 0 Å². The molecule has 0 heterocycles. The third kappa shape index (κ3) is 2.40. The summed E-state index contributed by atoms with van der Waals surface area (Å²) in [5.74, 6) is -0.244. The summed E-state index contributed by atoms with van der Waals surface area (Å²) in [6, 6.07) is 12.4. The molecule has 0 aromatic heterocycles. The molecule has 0 radical (unpaired) electrons. The lowest BCUT2D eigenvalue weighted by Crippen LogP contribution is -2.34.